The van der Waals surface area contributed by atoms with E-state index in [-0.39, 0.29) is 18.0 Å². The molecular weight excluding hydrogens is 326 g/mol. The van der Waals surface area contributed by atoms with Crippen LogP contribution in [0, 0.1) is 0 Å². The normalized spacial score (nSPS) is 23.3. The lowest BCUT2D eigenvalue weighted by Gasteiger charge is -2.37. The van der Waals surface area contributed by atoms with Crippen LogP contribution in [-0.4, -0.2) is 62.3 Å². The predicted molar refractivity (Wildman–Crippen MR) is 92.0 cm³/mol. The molecule has 0 aliphatic carbocycles. The van der Waals surface area contributed by atoms with Crippen LogP contribution in [0.1, 0.15) is 25.7 Å². The highest BCUT2D eigenvalue weighted by molar-refractivity contribution is 7.89. The van der Waals surface area contributed by atoms with Gasteiger partial charge in [0.05, 0.1) is 10.9 Å². The van der Waals surface area contributed by atoms with Crippen LogP contribution in [-0.2, 0) is 14.8 Å². The summed E-state index contributed by atoms with van der Waals surface area (Å²) >= 11 is 0. The Kier molecular flexibility index (Phi) is 5.22. The Hall–Kier alpha value is -1.44. The number of likely N-dealkylation sites (N-methyl/N-ethyl adjacent to an activating group) is 1. The molecule has 1 aromatic carbocycles. The van der Waals surface area contributed by atoms with Crippen molar-refractivity contribution in [2.45, 2.75) is 42.7 Å². The molecule has 0 unspecified atom stereocenters. The fourth-order valence-electron chi connectivity index (χ4n) is 3.53. The number of carbonyl (C=O) groups is 1. The largest absolute Gasteiger partial charge is 0.341 e. The van der Waals surface area contributed by atoms with E-state index in [1.165, 1.54) is 4.31 Å². The van der Waals surface area contributed by atoms with Crippen molar-refractivity contribution < 1.29 is 13.2 Å². The zero-order valence-electron chi connectivity index (χ0n) is 14.0. The van der Waals surface area contributed by atoms with Crippen LogP contribution in [0.15, 0.2) is 35.2 Å². The van der Waals surface area contributed by atoms with Gasteiger partial charge in [0.15, 0.2) is 0 Å². The van der Waals surface area contributed by atoms with Gasteiger partial charge in [-0.1, -0.05) is 18.2 Å². The summed E-state index contributed by atoms with van der Waals surface area (Å²) in [4.78, 5) is 14.6. The minimum Gasteiger partial charge on any atom is -0.341 e. The van der Waals surface area contributed by atoms with Gasteiger partial charge in [0.2, 0.25) is 15.9 Å². The van der Waals surface area contributed by atoms with Crippen LogP contribution >= 0.6 is 0 Å². The van der Waals surface area contributed by atoms with Gasteiger partial charge in [-0.25, -0.2) is 8.42 Å². The van der Waals surface area contributed by atoms with Gasteiger partial charge in [-0.15, -0.1) is 0 Å². The average Bonchev–Trinajstić information content (AvgIpc) is 3.16. The second-order valence-corrected chi connectivity index (χ2v) is 8.48. The molecule has 2 saturated heterocycles. The molecule has 1 aromatic rings. The van der Waals surface area contributed by atoms with Crippen LogP contribution in [0.4, 0.5) is 0 Å². The zero-order chi connectivity index (χ0) is 17.2. The first-order chi connectivity index (χ1) is 11.5. The third kappa shape index (κ3) is 3.48. The Labute approximate surface area is 143 Å². The van der Waals surface area contributed by atoms with Crippen LogP contribution in [0.2, 0.25) is 0 Å². The maximum atomic E-state index is 12.6. The molecule has 2 aliphatic rings. The SMILES string of the molecule is CN(C(=O)[C@@H]1CCCN1)C1CCN(S(=O)(=O)c2ccccc2)CC1. The first-order valence-electron chi connectivity index (χ1n) is 8.55. The lowest BCUT2D eigenvalue weighted by atomic mass is 10.0. The Bertz CT molecular complexity index is 664. The second kappa shape index (κ2) is 7.21. The molecule has 132 valence electrons. The quantitative estimate of drug-likeness (QED) is 0.880. The third-order valence-electron chi connectivity index (χ3n) is 5.06. The number of sulfonamides is 1. The van der Waals surface area contributed by atoms with E-state index < -0.39 is 10.0 Å². The summed E-state index contributed by atoms with van der Waals surface area (Å²) in [6.45, 7) is 1.81. The summed E-state index contributed by atoms with van der Waals surface area (Å²) < 4.78 is 26.8. The van der Waals surface area contributed by atoms with Gasteiger partial charge in [-0.3, -0.25) is 4.79 Å². The van der Waals surface area contributed by atoms with E-state index in [2.05, 4.69) is 5.32 Å². The first kappa shape index (κ1) is 17.4. The Morgan fingerprint density at radius 2 is 1.83 bits per heavy atom. The Balaban J connectivity index is 1.60. The van der Waals surface area contributed by atoms with Gasteiger partial charge in [0.1, 0.15) is 0 Å². The number of rotatable bonds is 4. The van der Waals surface area contributed by atoms with Crippen molar-refractivity contribution in [3.05, 3.63) is 30.3 Å². The number of carbonyl (C=O) groups excluding carboxylic acids is 1. The molecule has 1 atom stereocenters. The molecule has 6 nitrogen and oxygen atoms in total. The molecule has 0 aromatic heterocycles. The van der Waals surface area contributed by atoms with Crippen molar-refractivity contribution in [1.29, 1.82) is 0 Å². The molecule has 0 spiro atoms. The van der Waals surface area contributed by atoms with Gasteiger partial charge in [0.25, 0.3) is 0 Å². The third-order valence-corrected chi connectivity index (χ3v) is 6.97. The van der Waals surface area contributed by atoms with Crippen molar-refractivity contribution in [2.75, 3.05) is 26.7 Å². The average molecular weight is 351 g/mol. The number of piperidine rings is 1. The molecule has 0 bridgehead atoms. The number of hydrogen-bond acceptors (Lipinski definition) is 4. The molecular formula is C17H25N3O3S. The highest BCUT2D eigenvalue weighted by Crippen LogP contribution is 2.23. The molecule has 2 fully saturated rings. The smallest absolute Gasteiger partial charge is 0.243 e. The van der Waals surface area contributed by atoms with Crippen molar-refractivity contribution in [2.24, 2.45) is 0 Å². The van der Waals surface area contributed by atoms with Crippen LogP contribution < -0.4 is 5.32 Å². The van der Waals surface area contributed by atoms with E-state index in [1.54, 1.807) is 24.3 Å². The molecule has 0 radical (unpaired) electrons. The standard InChI is InChI=1S/C17H25N3O3S/c1-19(17(21)16-8-5-11-18-16)14-9-12-20(13-10-14)24(22,23)15-6-3-2-4-7-15/h2-4,6-7,14,16,18H,5,8-13H2,1H3/t16-/m0/s1. The molecule has 1 amide bonds. The number of benzene rings is 1. The first-order valence-corrected chi connectivity index (χ1v) is 9.99. The summed E-state index contributed by atoms with van der Waals surface area (Å²) in [7, 11) is -1.59. The molecule has 1 N–H and O–H groups in total. The monoisotopic (exact) mass is 351 g/mol. The Morgan fingerprint density at radius 1 is 1.17 bits per heavy atom. The lowest BCUT2D eigenvalue weighted by Crippen LogP contribution is -2.51. The Morgan fingerprint density at radius 3 is 2.42 bits per heavy atom. The summed E-state index contributed by atoms with van der Waals surface area (Å²) in [5.41, 5.74) is 0. The highest BCUT2D eigenvalue weighted by atomic mass is 32.2. The summed E-state index contributed by atoms with van der Waals surface area (Å²) in [5.74, 6) is 0.136. The number of nitrogens with zero attached hydrogens (tertiary/aromatic N) is 2. The molecule has 2 aliphatic heterocycles. The fraction of sp³-hybridized carbons (Fsp3) is 0.588. The van der Waals surface area contributed by atoms with Crippen molar-refractivity contribution in [3.8, 4) is 0 Å². The van der Waals surface area contributed by atoms with Gasteiger partial charge in [-0.2, -0.15) is 4.31 Å². The summed E-state index contributed by atoms with van der Waals surface area (Å²) in [6.07, 6.45) is 3.30. The van der Waals surface area contributed by atoms with E-state index in [9.17, 15) is 13.2 Å². The van der Waals surface area contributed by atoms with Crippen molar-refractivity contribution in [3.63, 3.8) is 0 Å². The van der Waals surface area contributed by atoms with E-state index in [0.717, 1.165) is 19.4 Å². The zero-order valence-corrected chi connectivity index (χ0v) is 14.8. The maximum absolute atomic E-state index is 12.6. The number of amides is 1. The summed E-state index contributed by atoms with van der Waals surface area (Å²) in [6, 6.07) is 8.58. The molecule has 7 heteroatoms. The topological polar surface area (TPSA) is 69.7 Å². The molecule has 0 saturated carbocycles. The molecule has 24 heavy (non-hydrogen) atoms. The van der Waals surface area contributed by atoms with E-state index >= 15 is 0 Å². The van der Waals surface area contributed by atoms with Gasteiger partial charge >= 0.3 is 0 Å². The minimum absolute atomic E-state index is 0.0684. The number of hydrogen-bond donors (Lipinski definition) is 1. The number of nitrogens with one attached hydrogen (secondary N) is 1. The fourth-order valence-corrected chi connectivity index (χ4v) is 5.02. The summed E-state index contributed by atoms with van der Waals surface area (Å²) in [5, 5.41) is 3.23. The molecule has 3 rings (SSSR count). The van der Waals surface area contributed by atoms with Gasteiger partial charge in [-0.05, 0) is 44.4 Å². The van der Waals surface area contributed by atoms with Crippen LogP contribution in [0.5, 0.6) is 0 Å². The van der Waals surface area contributed by atoms with E-state index in [0.29, 0.717) is 30.8 Å². The highest BCUT2D eigenvalue weighted by Gasteiger charge is 2.34. The lowest BCUT2D eigenvalue weighted by molar-refractivity contribution is -0.134. The van der Waals surface area contributed by atoms with Crippen LogP contribution in [0.25, 0.3) is 0 Å². The minimum atomic E-state index is -3.43. The van der Waals surface area contributed by atoms with E-state index in [1.807, 2.05) is 18.0 Å². The van der Waals surface area contributed by atoms with Gasteiger partial charge < -0.3 is 10.2 Å². The predicted octanol–water partition coefficient (Wildman–Crippen LogP) is 1.05. The molecule has 2 heterocycles. The van der Waals surface area contributed by atoms with E-state index in [4.69, 9.17) is 0 Å². The van der Waals surface area contributed by atoms with Crippen molar-refractivity contribution >= 4 is 15.9 Å². The van der Waals surface area contributed by atoms with Crippen molar-refractivity contribution in [1.82, 2.24) is 14.5 Å². The van der Waals surface area contributed by atoms with Crippen LogP contribution in [0.3, 0.4) is 0 Å². The maximum Gasteiger partial charge on any atom is 0.243 e. The van der Waals surface area contributed by atoms with Gasteiger partial charge in [0, 0.05) is 26.2 Å². The second-order valence-electron chi connectivity index (χ2n) is 6.55.